The number of hydrogen-bond donors (Lipinski definition) is 0. The van der Waals surface area contributed by atoms with Crippen LogP contribution in [0.25, 0.3) is 0 Å². The van der Waals surface area contributed by atoms with Crippen LogP contribution in [0.4, 0.5) is 0 Å². The Morgan fingerprint density at radius 2 is 1.83 bits per heavy atom. The first kappa shape index (κ1) is 11.7. The summed E-state index contributed by atoms with van der Waals surface area (Å²) in [5, 5.41) is 0. The fraction of sp³-hybridized carbons (Fsp3) is 0.286. The number of rotatable bonds is 1. The third-order valence-corrected chi connectivity index (χ3v) is 4.11. The van der Waals surface area contributed by atoms with E-state index in [0.717, 1.165) is 10.0 Å². The number of cyclic esters (lactones) is 2. The fourth-order valence-corrected chi connectivity index (χ4v) is 2.95. The number of ether oxygens (including phenoxy) is 1. The van der Waals surface area contributed by atoms with Gasteiger partial charge in [0.15, 0.2) is 0 Å². The highest BCUT2D eigenvalue weighted by atomic mass is 79.9. The molecule has 0 N–H and O–H groups in total. The van der Waals surface area contributed by atoms with E-state index in [4.69, 9.17) is 4.74 Å². The maximum Gasteiger partial charge on any atom is 0.318 e. The molecule has 0 radical (unpaired) electrons. The molecule has 2 aliphatic rings. The van der Waals surface area contributed by atoms with E-state index >= 15 is 0 Å². The van der Waals surface area contributed by atoms with Crippen molar-refractivity contribution in [2.75, 3.05) is 0 Å². The molecule has 0 saturated carbocycles. The Labute approximate surface area is 113 Å². The first-order chi connectivity index (χ1) is 8.66. The Morgan fingerprint density at radius 1 is 1.11 bits per heavy atom. The summed E-state index contributed by atoms with van der Waals surface area (Å²) in [5.74, 6) is -1.49. The lowest BCUT2D eigenvalue weighted by Gasteiger charge is -2.25. The smallest absolute Gasteiger partial charge is 0.318 e. The topological polar surface area (TPSA) is 43.4 Å². The fourth-order valence-electron chi connectivity index (χ4n) is 2.69. The monoisotopic (exact) mass is 306 g/mol. The Kier molecular flexibility index (Phi) is 2.82. The van der Waals surface area contributed by atoms with Crippen LogP contribution in [0.5, 0.6) is 0 Å². The largest absolute Gasteiger partial charge is 0.393 e. The molecule has 3 nitrogen and oxygen atoms in total. The van der Waals surface area contributed by atoms with Gasteiger partial charge >= 0.3 is 11.9 Å². The van der Waals surface area contributed by atoms with Crippen molar-refractivity contribution in [2.45, 2.75) is 12.3 Å². The summed E-state index contributed by atoms with van der Waals surface area (Å²) < 4.78 is 5.75. The van der Waals surface area contributed by atoms with Gasteiger partial charge in [-0.15, -0.1) is 0 Å². The molecule has 1 aromatic rings. The Hall–Kier alpha value is -1.42. The van der Waals surface area contributed by atoms with E-state index in [0.29, 0.717) is 6.42 Å². The highest BCUT2D eigenvalue weighted by Gasteiger charge is 2.48. The maximum absolute atomic E-state index is 11.8. The first-order valence-electron chi connectivity index (χ1n) is 5.84. The van der Waals surface area contributed by atoms with Crippen LogP contribution in [0, 0.1) is 11.8 Å². The lowest BCUT2D eigenvalue weighted by Crippen LogP contribution is -2.26. The number of fused-ring (bicyclic) bond motifs is 1. The molecule has 92 valence electrons. The second-order valence-electron chi connectivity index (χ2n) is 4.61. The molecule has 1 heterocycles. The Balaban J connectivity index is 1.99. The molecule has 1 saturated heterocycles. The van der Waals surface area contributed by atoms with Crippen molar-refractivity contribution >= 4 is 27.9 Å². The van der Waals surface area contributed by atoms with Crippen molar-refractivity contribution in [3.8, 4) is 0 Å². The number of allylic oxidation sites excluding steroid dienone is 2. The molecule has 0 amide bonds. The molecular formula is C14H11BrO3. The van der Waals surface area contributed by atoms with E-state index in [9.17, 15) is 9.59 Å². The molecule has 1 aliphatic heterocycles. The van der Waals surface area contributed by atoms with E-state index < -0.39 is 0 Å². The maximum atomic E-state index is 11.8. The molecule has 0 unspecified atom stereocenters. The van der Waals surface area contributed by atoms with E-state index in [-0.39, 0.29) is 29.7 Å². The second-order valence-corrected chi connectivity index (χ2v) is 5.53. The van der Waals surface area contributed by atoms with Gasteiger partial charge in [0.05, 0.1) is 11.8 Å². The molecule has 0 aromatic heterocycles. The molecule has 1 aromatic carbocycles. The molecule has 0 bridgehead atoms. The predicted molar refractivity (Wildman–Crippen MR) is 68.7 cm³/mol. The third kappa shape index (κ3) is 1.81. The van der Waals surface area contributed by atoms with Gasteiger partial charge in [-0.3, -0.25) is 9.59 Å². The predicted octanol–water partition coefficient (Wildman–Crippen LogP) is 2.81. The molecular weight excluding hydrogens is 296 g/mol. The summed E-state index contributed by atoms with van der Waals surface area (Å²) in [6.07, 6.45) is 4.57. The summed E-state index contributed by atoms with van der Waals surface area (Å²) in [6.45, 7) is 0. The van der Waals surface area contributed by atoms with Crippen LogP contribution < -0.4 is 0 Å². The van der Waals surface area contributed by atoms with Crippen molar-refractivity contribution in [3.05, 3.63) is 46.5 Å². The molecule has 4 heteroatoms. The zero-order valence-electron chi connectivity index (χ0n) is 9.51. The lowest BCUT2D eigenvalue weighted by molar-refractivity contribution is -0.153. The standard InChI is InChI=1S/C14H11BrO3/c15-9-6-4-8(5-7-9)10-2-1-3-11-12(10)14(17)18-13(11)16/h1-2,4-7,10-12H,3H2/t10-,11-,12-/m0/s1. The van der Waals surface area contributed by atoms with Crippen LogP contribution in [0.15, 0.2) is 40.9 Å². The molecule has 18 heavy (non-hydrogen) atoms. The molecule has 1 aliphatic carbocycles. The van der Waals surface area contributed by atoms with Gasteiger partial charge in [0.25, 0.3) is 0 Å². The average molecular weight is 307 g/mol. The van der Waals surface area contributed by atoms with Crippen molar-refractivity contribution in [1.82, 2.24) is 0 Å². The molecule has 1 fully saturated rings. The number of benzene rings is 1. The molecule has 0 spiro atoms. The SMILES string of the molecule is O=C1OC(=O)[C@H]2CC=C[C@@H](c3ccc(Br)cc3)[C@H]12. The summed E-state index contributed by atoms with van der Waals surface area (Å²) >= 11 is 3.38. The zero-order chi connectivity index (χ0) is 12.7. The zero-order valence-corrected chi connectivity index (χ0v) is 11.1. The van der Waals surface area contributed by atoms with E-state index in [2.05, 4.69) is 15.9 Å². The van der Waals surface area contributed by atoms with Crippen LogP contribution in [0.3, 0.4) is 0 Å². The number of esters is 2. The van der Waals surface area contributed by atoms with E-state index in [1.807, 2.05) is 36.4 Å². The van der Waals surface area contributed by atoms with E-state index in [1.54, 1.807) is 0 Å². The van der Waals surface area contributed by atoms with Crippen LogP contribution in [-0.4, -0.2) is 11.9 Å². The van der Waals surface area contributed by atoms with Crippen molar-refractivity contribution in [2.24, 2.45) is 11.8 Å². The first-order valence-corrected chi connectivity index (χ1v) is 6.64. The minimum absolute atomic E-state index is 0.0594. The van der Waals surface area contributed by atoms with Gasteiger partial charge in [0, 0.05) is 10.4 Å². The van der Waals surface area contributed by atoms with Gasteiger partial charge in [-0.2, -0.15) is 0 Å². The van der Waals surface area contributed by atoms with Gasteiger partial charge in [0.1, 0.15) is 0 Å². The van der Waals surface area contributed by atoms with Crippen molar-refractivity contribution in [1.29, 1.82) is 0 Å². The van der Waals surface area contributed by atoms with Crippen LogP contribution in [0.2, 0.25) is 0 Å². The second kappa shape index (κ2) is 4.35. The number of halogens is 1. The van der Waals surface area contributed by atoms with Crippen LogP contribution in [-0.2, 0) is 14.3 Å². The van der Waals surface area contributed by atoms with Crippen LogP contribution >= 0.6 is 15.9 Å². The summed E-state index contributed by atoms with van der Waals surface area (Å²) in [7, 11) is 0. The summed E-state index contributed by atoms with van der Waals surface area (Å²) in [6, 6.07) is 7.82. The number of carbonyl (C=O) groups excluding carboxylic acids is 2. The number of hydrogen-bond acceptors (Lipinski definition) is 3. The van der Waals surface area contributed by atoms with Gasteiger partial charge in [-0.05, 0) is 24.1 Å². The van der Waals surface area contributed by atoms with Gasteiger partial charge < -0.3 is 4.74 Å². The van der Waals surface area contributed by atoms with Gasteiger partial charge in [0.2, 0.25) is 0 Å². The van der Waals surface area contributed by atoms with Crippen molar-refractivity contribution < 1.29 is 14.3 Å². The third-order valence-electron chi connectivity index (χ3n) is 3.58. The minimum atomic E-state index is -0.387. The molecule has 3 atom stereocenters. The summed E-state index contributed by atoms with van der Waals surface area (Å²) in [5.41, 5.74) is 1.04. The normalized spacial score (nSPS) is 30.2. The highest BCUT2D eigenvalue weighted by Crippen LogP contribution is 2.42. The van der Waals surface area contributed by atoms with Crippen molar-refractivity contribution in [3.63, 3.8) is 0 Å². The minimum Gasteiger partial charge on any atom is -0.393 e. The van der Waals surface area contributed by atoms with Gasteiger partial charge in [-0.1, -0.05) is 40.2 Å². The average Bonchev–Trinajstić information content (AvgIpc) is 2.66. The quantitative estimate of drug-likeness (QED) is 0.455. The molecule has 3 rings (SSSR count). The summed E-state index contributed by atoms with van der Waals surface area (Å²) in [4.78, 5) is 23.3. The number of carbonyl (C=O) groups is 2. The Bertz CT molecular complexity index is 532. The lowest BCUT2D eigenvalue weighted by atomic mass is 9.74. The Morgan fingerprint density at radius 3 is 2.56 bits per heavy atom. The van der Waals surface area contributed by atoms with E-state index in [1.165, 1.54) is 0 Å². The van der Waals surface area contributed by atoms with Crippen LogP contribution in [0.1, 0.15) is 17.9 Å². The van der Waals surface area contributed by atoms with Gasteiger partial charge in [-0.25, -0.2) is 0 Å². The highest BCUT2D eigenvalue weighted by molar-refractivity contribution is 9.10.